The van der Waals surface area contributed by atoms with Gasteiger partial charge < -0.3 is 21.1 Å². The van der Waals surface area contributed by atoms with Crippen molar-refractivity contribution in [2.75, 3.05) is 18.9 Å². The molecule has 1 aromatic carbocycles. The molecule has 1 fully saturated rings. The van der Waals surface area contributed by atoms with Crippen molar-refractivity contribution in [3.63, 3.8) is 0 Å². The van der Waals surface area contributed by atoms with Crippen LogP contribution in [-0.2, 0) is 22.4 Å². The van der Waals surface area contributed by atoms with Gasteiger partial charge in [-0.25, -0.2) is 14.8 Å². The smallest absolute Gasteiger partial charge is 0.410 e. The lowest BCUT2D eigenvalue weighted by atomic mass is 10.1. The summed E-state index contributed by atoms with van der Waals surface area (Å²) in [4.78, 5) is 47.4. The fourth-order valence-corrected chi connectivity index (χ4v) is 3.77. The van der Waals surface area contributed by atoms with E-state index >= 15 is 0 Å². The zero-order valence-electron chi connectivity index (χ0n) is 22.6. The van der Waals surface area contributed by atoms with Crippen LogP contribution in [0.5, 0.6) is 0 Å². The SMILES string of the molecule is CCc1nc(C(N)=O)c(Nc2cccc(CCNC(=O)C(C)N(C)C(=O)OC(C)(C)C)c2)nc1C1CC1. The molecule has 1 aliphatic carbocycles. The fourth-order valence-electron chi connectivity index (χ4n) is 3.77. The van der Waals surface area contributed by atoms with Gasteiger partial charge in [-0.15, -0.1) is 0 Å². The number of primary amides is 1. The fraction of sp³-hybridized carbons (Fsp3) is 0.519. The highest BCUT2D eigenvalue weighted by Crippen LogP contribution is 2.41. The Labute approximate surface area is 218 Å². The van der Waals surface area contributed by atoms with Gasteiger partial charge in [0.1, 0.15) is 11.6 Å². The van der Waals surface area contributed by atoms with Crippen molar-refractivity contribution in [1.29, 1.82) is 0 Å². The molecule has 0 saturated heterocycles. The van der Waals surface area contributed by atoms with Gasteiger partial charge in [-0.2, -0.15) is 0 Å². The van der Waals surface area contributed by atoms with Gasteiger partial charge in [-0.05, 0) is 71.1 Å². The first-order chi connectivity index (χ1) is 17.4. The van der Waals surface area contributed by atoms with Crippen molar-refractivity contribution < 1.29 is 19.1 Å². The molecule has 200 valence electrons. The first kappa shape index (κ1) is 27.9. The summed E-state index contributed by atoms with van der Waals surface area (Å²) in [5.74, 6) is -0.156. The molecule has 0 aliphatic heterocycles. The average molecular weight is 511 g/mol. The number of ether oxygens (including phenoxy) is 1. The van der Waals surface area contributed by atoms with E-state index < -0.39 is 23.6 Å². The number of amides is 3. The third-order valence-electron chi connectivity index (χ3n) is 6.08. The molecule has 0 bridgehead atoms. The highest BCUT2D eigenvalue weighted by Gasteiger charge is 2.30. The minimum Gasteiger partial charge on any atom is -0.444 e. The van der Waals surface area contributed by atoms with Gasteiger partial charge in [0, 0.05) is 25.2 Å². The van der Waals surface area contributed by atoms with Crippen LogP contribution in [0, 0.1) is 0 Å². The van der Waals surface area contributed by atoms with E-state index in [4.69, 9.17) is 15.5 Å². The standard InChI is InChI=1S/C27H38N6O4/c1-7-20-21(18-11-12-18)32-24(22(31-20)23(28)34)30-19-10-8-9-17(15-19)13-14-29-25(35)16(2)33(6)26(36)37-27(3,4)5/h8-10,15-16,18H,7,11-14H2,1-6H3,(H2,28,34)(H,29,35)(H,30,32). The van der Waals surface area contributed by atoms with Crippen molar-refractivity contribution in [1.82, 2.24) is 20.2 Å². The predicted octanol–water partition coefficient (Wildman–Crippen LogP) is 3.67. The number of anilines is 2. The van der Waals surface area contributed by atoms with Gasteiger partial charge in [0.2, 0.25) is 5.91 Å². The normalized spacial score (nSPS) is 14.0. The van der Waals surface area contributed by atoms with Crippen LogP contribution in [0.4, 0.5) is 16.3 Å². The lowest BCUT2D eigenvalue weighted by molar-refractivity contribution is -0.125. The summed E-state index contributed by atoms with van der Waals surface area (Å²) >= 11 is 0. The second-order valence-electron chi connectivity index (χ2n) is 10.4. The number of nitrogens with two attached hydrogens (primary N) is 1. The molecule has 37 heavy (non-hydrogen) atoms. The molecule has 1 aromatic heterocycles. The monoisotopic (exact) mass is 510 g/mol. The summed E-state index contributed by atoms with van der Waals surface area (Å²) in [5.41, 5.74) is 8.55. The molecule has 1 unspecified atom stereocenters. The molecule has 1 saturated carbocycles. The van der Waals surface area contributed by atoms with Crippen LogP contribution in [0.3, 0.4) is 0 Å². The molecule has 10 heteroatoms. The number of carbonyl (C=O) groups excluding carboxylic acids is 3. The number of rotatable bonds is 10. The first-order valence-corrected chi connectivity index (χ1v) is 12.7. The number of nitrogens with zero attached hydrogens (tertiary/aromatic N) is 3. The number of nitrogens with one attached hydrogen (secondary N) is 2. The second kappa shape index (κ2) is 11.6. The molecule has 1 aliphatic rings. The molecule has 1 heterocycles. The molecule has 3 rings (SSSR count). The predicted molar refractivity (Wildman–Crippen MR) is 142 cm³/mol. The molecule has 4 N–H and O–H groups in total. The maximum absolute atomic E-state index is 12.6. The number of carbonyl (C=O) groups is 3. The Hall–Kier alpha value is -3.69. The van der Waals surface area contributed by atoms with Gasteiger partial charge in [0.15, 0.2) is 11.5 Å². The Bertz CT molecular complexity index is 1160. The van der Waals surface area contributed by atoms with Crippen LogP contribution in [-0.4, -0.2) is 58.0 Å². The van der Waals surface area contributed by atoms with Gasteiger partial charge in [-0.3, -0.25) is 14.5 Å². The van der Waals surface area contributed by atoms with Crippen LogP contribution in [0.15, 0.2) is 24.3 Å². The molecular weight excluding hydrogens is 472 g/mol. The molecule has 10 nitrogen and oxygen atoms in total. The van der Waals surface area contributed by atoms with Crippen LogP contribution in [0.1, 0.15) is 80.8 Å². The summed E-state index contributed by atoms with van der Waals surface area (Å²) in [5, 5.41) is 6.08. The Morgan fingerprint density at radius 2 is 1.92 bits per heavy atom. The lowest BCUT2D eigenvalue weighted by Gasteiger charge is -2.28. The van der Waals surface area contributed by atoms with E-state index in [0.717, 1.165) is 35.5 Å². The van der Waals surface area contributed by atoms with Gasteiger partial charge in [-0.1, -0.05) is 19.1 Å². The summed E-state index contributed by atoms with van der Waals surface area (Å²) in [6.07, 6.45) is 2.85. The van der Waals surface area contributed by atoms with Gasteiger partial charge in [0.25, 0.3) is 5.91 Å². The largest absolute Gasteiger partial charge is 0.444 e. The van der Waals surface area contributed by atoms with Gasteiger partial charge >= 0.3 is 6.09 Å². The third-order valence-corrected chi connectivity index (χ3v) is 6.08. The van der Waals surface area contributed by atoms with E-state index in [1.165, 1.54) is 4.90 Å². The number of hydrogen-bond donors (Lipinski definition) is 3. The summed E-state index contributed by atoms with van der Waals surface area (Å²) in [6, 6.07) is 6.96. The molecule has 0 radical (unpaired) electrons. The maximum atomic E-state index is 12.6. The maximum Gasteiger partial charge on any atom is 0.410 e. The highest BCUT2D eigenvalue weighted by molar-refractivity contribution is 5.96. The average Bonchev–Trinajstić information content (AvgIpc) is 3.67. The van der Waals surface area contributed by atoms with E-state index in [1.54, 1.807) is 34.7 Å². The number of aromatic nitrogens is 2. The third kappa shape index (κ3) is 7.65. The van der Waals surface area contributed by atoms with Crippen molar-refractivity contribution in [3.05, 3.63) is 46.9 Å². The molecular formula is C27H38N6O4. The van der Waals surface area contributed by atoms with Crippen LogP contribution in [0.2, 0.25) is 0 Å². The van der Waals surface area contributed by atoms with Crippen molar-refractivity contribution in [2.24, 2.45) is 5.73 Å². The van der Waals surface area contributed by atoms with Crippen LogP contribution in [0.25, 0.3) is 0 Å². The highest BCUT2D eigenvalue weighted by atomic mass is 16.6. The molecule has 1 atom stereocenters. The zero-order chi connectivity index (χ0) is 27.3. The first-order valence-electron chi connectivity index (χ1n) is 12.7. The minimum absolute atomic E-state index is 0.127. The van der Waals surface area contributed by atoms with E-state index in [1.807, 2.05) is 31.2 Å². The number of hydrogen-bond acceptors (Lipinski definition) is 7. The number of aryl methyl sites for hydroxylation is 1. The zero-order valence-corrected chi connectivity index (χ0v) is 22.6. The minimum atomic E-state index is -0.680. The lowest BCUT2D eigenvalue weighted by Crippen LogP contribution is -2.47. The van der Waals surface area contributed by atoms with E-state index in [-0.39, 0.29) is 11.6 Å². The number of benzene rings is 1. The van der Waals surface area contributed by atoms with Crippen LogP contribution >= 0.6 is 0 Å². The summed E-state index contributed by atoms with van der Waals surface area (Å²) < 4.78 is 5.33. The number of likely N-dealkylation sites (N-methyl/N-ethyl adjacent to an activating group) is 1. The molecule has 2 aromatic rings. The molecule has 3 amide bonds. The Morgan fingerprint density at radius 3 is 2.51 bits per heavy atom. The van der Waals surface area contributed by atoms with Crippen molar-refractivity contribution >= 4 is 29.4 Å². The summed E-state index contributed by atoms with van der Waals surface area (Å²) in [6.45, 7) is 9.37. The van der Waals surface area contributed by atoms with Gasteiger partial charge in [0.05, 0.1) is 11.4 Å². The van der Waals surface area contributed by atoms with E-state index in [2.05, 4.69) is 15.6 Å². The van der Waals surface area contributed by atoms with Crippen molar-refractivity contribution in [2.45, 2.75) is 77.9 Å². The van der Waals surface area contributed by atoms with Crippen molar-refractivity contribution in [3.8, 4) is 0 Å². The Kier molecular flexibility index (Phi) is 8.73. The van der Waals surface area contributed by atoms with E-state index in [9.17, 15) is 14.4 Å². The summed E-state index contributed by atoms with van der Waals surface area (Å²) in [7, 11) is 1.54. The quantitative estimate of drug-likeness (QED) is 0.443. The Morgan fingerprint density at radius 1 is 1.22 bits per heavy atom. The second-order valence-corrected chi connectivity index (χ2v) is 10.4. The Balaban J connectivity index is 1.62. The molecule has 0 spiro atoms. The van der Waals surface area contributed by atoms with Crippen LogP contribution < -0.4 is 16.4 Å². The topological polar surface area (TPSA) is 140 Å². The van der Waals surface area contributed by atoms with E-state index in [0.29, 0.717) is 31.1 Å².